The Morgan fingerprint density at radius 1 is 1.25 bits per heavy atom. The monoisotopic (exact) mass is 226 g/mol. The lowest BCUT2D eigenvalue weighted by Gasteiger charge is -2.45. The number of nitrogens with two attached hydrogens (primary N) is 1. The molecule has 94 valence electrons. The number of rotatable bonds is 5. The lowest BCUT2D eigenvalue weighted by Crippen LogP contribution is -2.56. The van der Waals surface area contributed by atoms with Gasteiger partial charge in [0.15, 0.2) is 0 Å². The van der Waals surface area contributed by atoms with Crippen molar-refractivity contribution < 1.29 is 4.74 Å². The second-order valence-electron chi connectivity index (χ2n) is 5.72. The molecular formula is C13H26N2O. The summed E-state index contributed by atoms with van der Waals surface area (Å²) in [6.07, 6.45) is 5.31. The maximum atomic E-state index is 6.01. The Kier molecular flexibility index (Phi) is 3.88. The number of hydrogen-bond acceptors (Lipinski definition) is 3. The molecule has 1 saturated heterocycles. The summed E-state index contributed by atoms with van der Waals surface area (Å²) >= 11 is 0. The molecule has 0 aromatic carbocycles. The molecule has 0 amide bonds. The third kappa shape index (κ3) is 2.41. The van der Waals surface area contributed by atoms with Crippen LogP contribution in [0.3, 0.4) is 0 Å². The van der Waals surface area contributed by atoms with Gasteiger partial charge in [-0.2, -0.15) is 0 Å². The SMILES string of the molecule is COCC1CCN(C(C)(CN)C2CC2)CC1. The quantitative estimate of drug-likeness (QED) is 0.771. The van der Waals surface area contributed by atoms with Gasteiger partial charge in [0.05, 0.1) is 0 Å². The zero-order chi connectivity index (χ0) is 11.6. The molecule has 1 atom stereocenters. The molecule has 16 heavy (non-hydrogen) atoms. The van der Waals surface area contributed by atoms with Crippen LogP contribution >= 0.6 is 0 Å². The Labute approximate surface area is 99.3 Å². The Morgan fingerprint density at radius 2 is 1.88 bits per heavy atom. The van der Waals surface area contributed by atoms with Gasteiger partial charge in [0.1, 0.15) is 0 Å². The van der Waals surface area contributed by atoms with E-state index in [-0.39, 0.29) is 5.54 Å². The standard InChI is InChI=1S/C13H26N2O/c1-13(10-14,12-3-4-12)15-7-5-11(6-8-15)9-16-2/h11-12H,3-10,14H2,1-2H3. The van der Waals surface area contributed by atoms with E-state index in [1.165, 1.54) is 38.8 Å². The van der Waals surface area contributed by atoms with Gasteiger partial charge >= 0.3 is 0 Å². The Balaban J connectivity index is 1.87. The molecule has 2 N–H and O–H groups in total. The lowest BCUT2D eigenvalue weighted by atomic mass is 9.88. The van der Waals surface area contributed by atoms with Crippen LogP contribution in [0.5, 0.6) is 0 Å². The Bertz CT molecular complexity index is 222. The molecule has 0 aromatic rings. The van der Waals surface area contributed by atoms with Gasteiger partial charge in [0.25, 0.3) is 0 Å². The fraction of sp³-hybridized carbons (Fsp3) is 1.00. The van der Waals surface area contributed by atoms with Crippen molar-refractivity contribution in [1.82, 2.24) is 4.90 Å². The average molecular weight is 226 g/mol. The number of nitrogens with zero attached hydrogens (tertiary/aromatic N) is 1. The van der Waals surface area contributed by atoms with Crippen LogP contribution in [0.15, 0.2) is 0 Å². The van der Waals surface area contributed by atoms with E-state index in [2.05, 4.69) is 11.8 Å². The number of hydrogen-bond donors (Lipinski definition) is 1. The minimum Gasteiger partial charge on any atom is -0.384 e. The van der Waals surface area contributed by atoms with E-state index in [0.29, 0.717) is 0 Å². The van der Waals surface area contributed by atoms with Gasteiger partial charge in [-0.15, -0.1) is 0 Å². The fourth-order valence-electron chi connectivity index (χ4n) is 3.11. The number of likely N-dealkylation sites (tertiary alicyclic amines) is 1. The number of piperidine rings is 1. The molecule has 1 heterocycles. The predicted octanol–water partition coefficient (Wildman–Crippen LogP) is 1.47. The maximum absolute atomic E-state index is 6.01. The molecule has 0 bridgehead atoms. The summed E-state index contributed by atoms with van der Waals surface area (Å²) in [5.74, 6) is 1.62. The molecule has 3 nitrogen and oxygen atoms in total. The van der Waals surface area contributed by atoms with Gasteiger partial charge in [0, 0.05) is 25.8 Å². The summed E-state index contributed by atoms with van der Waals surface area (Å²) in [7, 11) is 1.81. The summed E-state index contributed by atoms with van der Waals surface area (Å²) < 4.78 is 5.25. The molecule has 2 fully saturated rings. The first kappa shape index (κ1) is 12.3. The van der Waals surface area contributed by atoms with Crippen molar-refractivity contribution in [2.45, 2.75) is 38.1 Å². The van der Waals surface area contributed by atoms with Crippen molar-refractivity contribution in [3.05, 3.63) is 0 Å². The largest absolute Gasteiger partial charge is 0.384 e. The van der Waals surface area contributed by atoms with Crippen LogP contribution in [0.1, 0.15) is 32.6 Å². The molecule has 1 aliphatic heterocycles. The van der Waals surface area contributed by atoms with Crippen LogP contribution < -0.4 is 5.73 Å². The van der Waals surface area contributed by atoms with Gasteiger partial charge in [-0.1, -0.05) is 0 Å². The van der Waals surface area contributed by atoms with Gasteiger partial charge in [-0.25, -0.2) is 0 Å². The Morgan fingerprint density at radius 3 is 2.31 bits per heavy atom. The Hall–Kier alpha value is -0.120. The zero-order valence-electron chi connectivity index (χ0n) is 10.7. The maximum Gasteiger partial charge on any atom is 0.0491 e. The third-order valence-electron chi connectivity index (χ3n) is 4.61. The minimum atomic E-state index is 0.276. The van der Waals surface area contributed by atoms with Crippen LogP contribution in [-0.2, 0) is 4.74 Å². The van der Waals surface area contributed by atoms with E-state index < -0.39 is 0 Å². The van der Waals surface area contributed by atoms with Crippen molar-refractivity contribution in [2.24, 2.45) is 17.6 Å². The first-order valence-electron chi connectivity index (χ1n) is 6.64. The molecule has 3 heteroatoms. The first-order valence-corrected chi connectivity index (χ1v) is 6.64. The van der Waals surface area contributed by atoms with Gasteiger partial charge < -0.3 is 10.5 Å². The molecule has 0 radical (unpaired) electrons. The van der Waals surface area contributed by atoms with E-state index in [9.17, 15) is 0 Å². The van der Waals surface area contributed by atoms with Gasteiger partial charge in [-0.3, -0.25) is 4.90 Å². The summed E-state index contributed by atoms with van der Waals surface area (Å²) in [5, 5.41) is 0. The van der Waals surface area contributed by atoms with Gasteiger partial charge in [-0.05, 0) is 57.5 Å². The minimum absolute atomic E-state index is 0.276. The summed E-state index contributed by atoms with van der Waals surface area (Å²) in [6, 6.07) is 0. The molecule has 2 aliphatic rings. The molecule has 0 spiro atoms. The highest BCUT2D eigenvalue weighted by molar-refractivity contribution is 5.01. The van der Waals surface area contributed by atoms with E-state index in [4.69, 9.17) is 10.5 Å². The van der Waals surface area contributed by atoms with Crippen LogP contribution in [-0.4, -0.2) is 43.8 Å². The van der Waals surface area contributed by atoms with Crippen LogP contribution in [0.4, 0.5) is 0 Å². The van der Waals surface area contributed by atoms with Crippen molar-refractivity contribution in [3.8, 4) is 0 Å². The summed E-state index contributed by atoms with van der Waals surface area (Å²) in [6.45, 7) is 6.51. The summed E-state index contributed by atoms with van der Waals surface area (Å²) in [4.78, 5) is 2.64. The van der Waals surface area contributed by atoms with E-state index in [1.54, 1.807) is 7.11 Å². The zero-order valence-corrected chi connectivity index (χ0v) is 10.7. The number of ether oxygens (including phenoxy) is 1. The van der Waals surface area contributed by atoms with Crippen molar-refractivity contribution in [3.63, 3.8) is 0 Å². The van der Waals surface area contributed by atoms with Gasteiger partial charge in [0.2, 0.25) is 0 Å². The van der Waals surface area contributed by atoms with E-state index in [1.807, 2.05) is 0 Å². The molecular weight excluding hydrogens is 200 g/mol. The first-order chi connectivity index (χ1) is 7.70. The molecule has 1 saturated carbocycles. The van der Waals surface area contributed by atoms with Crippen molar-refractivity contribution in [2.75, 3.05) is 33.4 Å². The lowest BCUT2D eigenvalue weighted by molar-refractivity contribution is 0.0313. The normalized spacial score (nSPS) is 27.9. The smallest absolute Gasteiger partial charge is 0.0491 e. The third-order valence-corrected chi connectivity index (χ3v) is 4.61. The van der Waals surface area contributed by atoms with Crippen molar-refractivity contribution >= 4 is 0 Å². The molecule has 1 aliphatic carbocycles. The average Bonchev–Trinajstić information content (AvgIpc) is 3.14. The predicted molar refractivity (Wildman–Crippen MR) is 66.4 cm³/mol. The highest BCUT2D eigenvalue weighted by Crippen LogP contribution is 2.43. The van der Waals surface area contributed by atoms with Crippen LogP contribution in [0.2, 0.25) is 0 Å². The number of methoxy groups -OCH3 is 1. The fourth-order valence-corrected chi connectivity index (χ4v) is 3.11. The second-order valence-corrected chi connectivity index (χ2v) is 5.72. The van der Waals surface area contributed by atoms with Crippen LogP contribution in [0.25, 0.3) is 0 Å². The van der Waals surface area contributed by atoms with Crippen molar-refractivity contribution in [1.29, 1.82) is 0 Å². The summed E-state index contributed by atoms with van der Waals surface area (Å²) in [5.41, 5.74) is 6.28. The van der Waals surface area contributed by atoms with Crippen LogP contribution in [0, 0.1) is 11.8 Å². The molecule has 1 unspecified atom stereocenters. The highest BCUT2D eigenvalue weighted by atomic mass is 16.5. The van der Waals surface area contributed by atoms with E-state index >= 15 is 0 Å². The molecule has 2 rings (SSSR count). The highest BCUT2D eigenvalue weighted by Gasteiger charge is 2.45. The molecule has 0 aromatic heterocycles. The van der Waals surface area contributed by atoms with E-state index in [0.717, 1.165) is 25.0 Å². The topological polar surface area (TPSA) is 38.5 Å². The second kappa shape index (κ2) is 5.03.